The monoisotopic (exact) mass is 474 g/mol. The van der Waals surface area contributed by atoms with E-state index in [1.807, 2.05) is 13.8 Å². The molecule has 1 N–H and O–H groups in total. The zero-order valence-corrected chi connectivity index (χ0v) is 19.7. The maximum atomic E-state index is 12.1. The average Bonchev–Trinajstić information content (AvgIpc) is 2.81. The van der Waals surface area contributed by atoms with Crippen LogP contribution >= 0.6 is 0 Å². The van der Waals surface area contributed by atoms with E-state index in [1.165, 1.54) is 19.2 Å². The maximum Gasteiger partial charge on any atom is 0.341 e. The van der Waals surface area contributed by atoms with Gasteiger partial charge in [-0.3, -0.25) is 0 Å². The summed E-state index contributed by atoms with van der Waals surface area (Å²) in [6.07, 6.45) is 0. The molecule has 9 nitrogen and oxygen atoms in total. The Morgan fingerprint density at radius 3 is 1.91 bits per heavy atom. The minimum atomic E-state index is -1.17. The molecule has 0 aliphatic heterocycles. The molecule has 0 aliphatic carbocycles. The third kappa shape index (κ3) is 7.65. The van der Waals surface area contributed by atoms with Gasteiger partial charge in [0.15, 0.2) is 0 Å². The SMILES string of the molecule is COC(=O)c1ccccc1OC(=O)COCCOCC(=O)Oc1ccccc1C(C)(O)C(C)C. The lowest BCUT2D eigenvalue weighted by Gasteiger charge is -2.29. The number of para-hydroxylation sites is 2. The average molecular weight is 475 g/mol. The highest BCUT2D eigenvalue weighted by Crippen LogP contribution is 2.35. The number of carbonyl (C=O) groups is 3. The molecule has 0 saturated carbocycles. The van der Waals surface area contributed by atoms with Crippen LogP contribution in [0.4, 0.5) is 0 Å². The fourth-order valence-electron chi connectivity index (χ4n) is 2.85. The van der Waals surface area contributed by atoms with Gasteiger partial charge in [-0.25, -0.2) is 14.4 Å². The van der Waals surface area contributed by atoms with Crippen LogP contribution < -0.4 is 9.47 Å². The summed E-state index contributed by atoms with van der Waals surface area (Å²) in [6.45, 7) is 4.76. The van der Waals surface area contributed by atoms with Crippen LogP contribution in [0.5, 0.6) is 11.5 Å². The Morgan fingerprint density at radius 2 is 1.35 bits per heavy atom. The quantitative estimate of drug-likeness (QED) is 0.281. The van der Waals surface area contributed by atoms with Crippen LogP contribution in [0, 0.1) is 5.92 Å². The zero-order chi connectivity index (χ0) is 25.1. The lowest BCUT2D eigenvalue weighted by Crippen LogP contribution is -2.29. The van der Waals surface area contributed by atoms with Crippen molar-refractivity contribution in [1.82, 2.24) is 0 Å². The van der Waals surface area contributed by atoms with Crippen LogP contribution in [-0.2, 0) is 29.4 Å². The Morgan fingerprint density at radius 1 is 0.853 bits per heavy atom. The summed E-state index contributed by atoms with van der Waals surface area (Å²) in [4.78, 5) is 35.8. The van der Waals surface area contributed by atoms with Gasteiger partial charge in [-0.15, -0.1) is 0 Å². The second-order valence-electron chi connectivity index (χ2n) is 7.84. The highest BCUT2D eigenvalue weighted by Gasteiger charge is 2.30. The first-order valence-electron chi connectivity index (χ1n) is 10.7. The van der Waals surface area contributed by atoms with E-state index >= 15 is 0 Å². The van der Waals surface area contributed by atoms with Crippen LogP contribution in [0.25, 0.3) is 0 Å². The van der Waals surface area contributed by atoms with Gasteiger partial charge in [0.25, 0.3) is 0 Å². The summed E-state index contributed by atoms with van der Waals surface area (Å²) in [6, 6.07) is 13.0. The van der Waals surface area contributed by atoms with E-state index in [0.29, 0.717) is 5.56 Å². The molecule has 9 heteroatoms. The first kappa shape index (κ1) is 27.0. The van der Waals surface area contributed by atoms with Gasteiger partial charge in [0.1, 0.15) is 30.3 Å². The number of carbonyl (C=O) groups excluding carboxylic acids is 3. The predicted molar refractivity (Wildman–Crippen MR) is 122 cm³/mol. The van der Waals surface area contributed by atoms with Gasteiger partial charge < -0.3 is 28.8 Å². The van der Waals surface area contributed by atoms with Crippen LogP contribution in [0.2, 0.25) is 0 Å². The highest BCUT2D eigenvalue weighted by atomic mass is 16.6. The van der Waals surface area contributed by atoms with E-state index in [2.05, 4.69) is 4.74 Å². The van der Waals surface area contributed by atoms with E-state index in [4.69, 9.17) is 18.9 Å². The Bertz CT molecular complexity index is 982. The Balaban J connectivity index is 1.72. The summed E-state index contributed by atoms with van der Waals surface area (Å²) >= 11 is 0. The molecule has 2 aromatic carbocycles. The molecule has 0 radical (unpaired) electrons. The molecule has 0 amide bonds. The smallest absolute Gasteiger partial charge is 0.341 e. The van der Waals surface area contributed by atoms with Gasteiger partial charge in [0.2, 0.25) is 0 Å². The molecule has 0 aliphatic rings. The van der Waals surface area contributed by atoms with Crippen LogP contribution in [0.1, 0.15) is 36.7 Å². The Kier molecular flexibility index (Phi) is 10.2. The Labute approximate surface area is 198 Å². The van der Waals surface area contributed by atoms with E-state index in [1.54, 1.807) is 43.3 Å². The van der Waals surface area contributed by atoms with Gasteiger partial charge in [0, 0.05) is 5.56 Å². The fraction of sp³-hybridized carbons (Fsp3) is 0.400. The van der Waals surface area contributed by atoms with E-state index in [-0.39, 0.29) is 49.4 Å². The number of hydrogen-bond acceptors (Lipinski definition) is 9. The van der Waals surface area contributed by atoms with Crippen LogP contribution in [0.15, 0.2) is 48.5 Å². The lowest BCUT2D eigenvalue weighted by molar-refractivity contribution is -0.143. The van der Waals surface area contributed by atoms with Gasteiger partial charge in [0.05, 0.1) is 25.9 Å². The molecule has 0 bridgehead atoms. The summed E-state index contributed by atoms with van der Waals surface area (Å²) in [7, 11) is 1.23. The van der Waals surface area contributed by atoms with Crippen LogP contribution in [-0.4, -0.2) is 56.6 Å². The molecule has 2 aromatic rings. The maximum absolute atomic E-state index is 12.1. The summed E-state index contributed by atoms with van der Waals surface area (Å²) in [5.74, 6) is -1.73. The third-order valence-corrected chi connectivity index (χ3v) is 5.11. The number of esters is 3. The van der Waals surface area contributed by atoms with E-state index < -0.39 is 23.5 Å². The van der Waals surface area contributed by atoms with E-state index in [0.717, 1.165) is 0 Å². The zero-order valence-electron chi connectivity index (χ0n) is 19.7. The van der Waals surface area contributed by atoms with Crippen molar-refractivity contribution >= 4 is 17.9 Å². The third-order valence-electron chi connectivity index (χ3n) is 5.11. The largest absolute Gasteiger partial charge is 0.465 e. The molecule has 184 valence electrons. The second kappa shape index (κ2) is 12.8. The molecule has 1 atom stereocenters. The number of benzene rings is 2. The topological polar surface area (TPSA) is 118 Å². The Hall–Kier alpha value is -3.27. The van der Waals surface area contributed by atoms with Crippen molar-refractivity contribution in [1.29, 1.82) is 0 Å². The van der Waals surface area contributed by atoms with Crippen LogP contribution in [0.3, 0.4) is 0 Å². The first-order chi connectivity index (χ1) is 16.2. The lowest BCUT2D eigenvalue weighted by atomic mass is 9.85. The van der Waals surface area contributed by atoms with E-state index in [9.17, 15) is 19.5 Å². The molecule has 1 unspecified atom stereocenters. The molecule has 0 aromatic heterocycles. The molecule has 0 heterocycles. The van der Waals surface area contributed by atoms with Gasteiger partial charge in [-0.2, -0.15) is 0 Å². The first-order valence-corrected chi connectivity index (χ1v) is 10.7. The number of hydrogen-bond donors (Lipinski definition) is 1. The number of methoxy groups -OCH3 is 1. The molecule has 2 rings (SSSR count). The molecule has 0 spiro atoms. The van der Waals surface area contributed by atoms with Crippen molar-refractivity contribution in [2.24, 2.45) is 5.92 Å². The molecular formula is C25H30O9. The number of aliphatic hydroxyl groups is 1. The normalized spacial score (nSPS) is 12.6. The summed E-state index contributed by atoms with van der Waals surface area (Å²) < 4.78 is 25.6. The number of ether oxygens (including phenoxy) is 5. The van der Waals surface area contributed by atoms with Gasteiger partial charge >= 0.3 is 17.9 Å². The van der Waals surface area contributed by atoms with Crippen molar-refractivity contribution in [2.75, 3.05) is 33.5 Å². The molecule has 0 saturated heterocycles. The highest BCUT2D eigenvalue weighted by molar-refractivity contribution is 5.93. The number of rotatable bonds is 12. The molecule has 0 fully saturated rings. The molecular weight excluding hydrogens is 444 g/mol. The second-order valence-corrected chi connectivity index (χ2v) is 7.84. The fourth-order valence-corrected chi connectivity index (χ4v) is 2.85. The van der Waals surface area contributed by atoms with Gasteiger partial charge in [-0.1, -0.05) is 44.2 Å². The van der Waals surface area contributed by atoms with Crippen molar-refractivity contribution < 1.29 is 43.2 Å². The molecule has 34 heavy (non-hydrogen) atoms. The summed E-state index contributed by atoms with van der Waals surface area (Å²) in [5.41, 5.74) is -0.539. The van der Waals surface area contributed by atoms with Crippen molar-refractivity contribution in [2.45, 2.75) is 26.4 Å². The van der Waals surface area contributed by atoms with Crippen molar-refractivity contribution in [3.05, 3.63) is 59.7 Å². The van der Waals surface area contributed by atoms with Crippen molar-refractivity contribution in [3.8, 4) is 11.5 Å². The standard InChI is InChI=1S/C25H30O9/c1-17(2)25(3,29)19-10-6-8-12-21(19)34-23(27)16-32-14-13-31-15-22(26)33-20-11-7-5-9-18(20)24(28)30-4/h5-12,17,29H,13-16H2,1-4H3. The predicted octanol–water partition coefficient (Wildman–Crippen LogP) is 2.88. The van der Waals surface area contributed by atoms with Gasteiger partial charge in [-0.05, 0) is 31.0 Å². The minimum absolute atomic E-state index is 0.0275. The van der Waals surface area contributed by atoms with Crippen molar-refractivity contribution in [3.63, 3.8) is 0 Å². The summed E-state index contributed by atoms with van der Waals surface area (Å²) in [5, 5.41) is 10.7. The minimum Gasteiger partial charge on any atom is -0.465 e.